The Balaban J connectivity index is 1.27. The molecule has 1 amide bonds. The first-order chi connectivity index (χ1) is 18.6. The molecule has 2 fully saturated rings. The first-order valence-electron chi connectivity index (χ1n) is 13.1. The maximum Gasteiger partial charge on any atom is 0.254 e. The molecule has 1 aromatic heterocycles. The molecule has 2 aliphatic heterocycles. The zero-order valence-electron chi connectivity index (χ0n) is 22.5. The molecule has 208 valence electrons. The fraction of sp³-hybridized carbons (Fsp3) is 0.536. The highest BCUT2D eigenvalue weighted by Crippen LogP contribution is 2.51. The maximum atomic E-state index is 13.2. The third kappa shape index (κ3) is 5.25. The Labute approximate surface area is 236 Å². The van der Waals surface area contributed by atoms with Crippen LogP contribution in [-0.4, -0.2) is 47.7 Å². The summed E-state index contributed by atoms with van der Waals surface area (Å²) in [6.07, 6.45) is 5.40. The number of nitrogens with one attached hydrogen (secondary N) is 3. The number of carbonyl (C=O) groups excluding carboxylic acids is 1. The van der Waals surface area contributed by atoms with Crippen LogP contribution in [0.3, 0.4) is 0 Å². The lowest BCUT2D eigenvalue weighted by atomic mass is 9.80. The Kier molecular flexibility index (Phi) is 7.63. The van der Waals surface area contributed by atoms with Gasteiger partial charge in [0.05, 0.1) is 24.3 Å². The SMILES string of the molecule is CSc1cc(C)[nH]c(=O)c1CNC(=O)c1cc(Cl)c2c(c1C)OC(C)(C1CCC(NC3(C#N)COC3)CC1)O2. The minimum Gasteiger partial charge on any atom is -0.448 e. The van der Waals surface area contributed by atoms with Gasteiger partial charge in [-0.1, -0.05) is 11.6 Å². The predicted molar refractivity (Wildman–Crippen MR) is 149 cm³/mol. The number of H-pyrrole nitrogens is 1. The average Bonchev–Trinajstić information content (AvgIpc) is 3.27. The van der Waals surface area contributed by atoms with E-state index in [1.807, 2.05) is 33.1 Å². The number of pyridine rings is 1. The zero-order valence-corrected chi connectivity index (χ0v) is 24.1. The van der Waals surface area contributed by atoms with Crippen LogP contribution in [0.1, 0.15) is 59.8 Å². The third-order valence-corrected chi connectivity index (χ3v) is 9.11. The van der Waals surface area contributed by atoms with E-state index in [4.69, 9.17) is 25.8 Å². The lowest BCUT2D eigenvalue weighted by Gasteiger charge is -2.42. The summed E-state index contributed by atoms with van der Waals surface area (Å²) in [5.74, 6) is -0.221. The number of benzene rings is 1. The maximum absolute atomic E-state index is 13.2. The fourth-order valence-corrected chi connectivity index (χ4v) is 6.63. The van der Waals surface area contributed by atoms with Crippen molar-refractivity contribution in [1.82, 2.24) is 15.6 Å². The molecule has 1 saturated heterocycles. The first-order valence-corrected chi connectivity index (χ1v) is 14.7. The van der Waals surface area contributed by atoms with Crippen molar-refractivity contribution in [3.8, 4) is 17.6 Å². The van der Waals surface area contributed by atoms with Crippen molar-refractivity contribution in [3.63, 3.8) is 0 Å². The summed E-state index contributed by atoms with van der Waals surface area (Å²) >= 11 is 8.06. The molecule has 3 aliphatic rings. The number of nitrogens with zero attached hydrogens (tertiary/aromatic N) is 1. The highest BCUT2D eigenvalue weighted by molar-refractivity contribution is 7.98. The second-order valence-electron chi connectivity index (χ2n) is 10.8. The van der Waals surface area contributed by atoms with Gasteiger partial charge < -0.3 is 24.5 Å². The highest BCUT2D eigenvalue weighted by Gasteiger charge is 2.48. The summed E-state index contributed by atoms with van der Waals surface area (Å²) in [6.45, 7) is 6.50. The van der Waals surface area contributed by atoms with Gasteiger partial charge in [0.2, 0.25) is 0 Å². The van der Waals surface area contributed by atoms with Crippen molar-refractivity contribution in [2.45, 2.75) is 75.3 Å². The number of carbonyl (C=O) groups is 1. The second kappa shape index (κ2) is 10.7. The molecule has 1 aliphatic carbocycles. The summed E-state index contributed by atoms with van der Waals surface area (Å²) in [7, 11) is 0. The van der Waals surface area contributed by atoms with E-state index in [0.29, 0.717) is 46.4 Å². The molecule has 1 saturated carbocycles. The van der Waals surface area contributed by atoms with Gasteiger partial charge in [-0.25, -0.2) is 0 Å². The highest BCUT2D eigenvalue weighted by atomic mass is 35.5. The number of amides is 1. The molecule has 2 aromatic rings. The smallest absolute Gasteiger partial charge is 0.254 e. The monoisotopic (exact) mass is 572 g/mol. The number of ether oxygens (including phenoxy) is 3. The van der Waals surface area contributed by atoms with E-state index in [2.05, 4.69) is 21.7 Å². The minimum absolute atomic E-state index is 0.0876. The van der Waals surface area contributed by atoms with Gasteiger partial charge in [0, 0.05) is 52.7 Å². The van der Waals surface area contributed by atoms with Crippen LogP contribution in [0.5, 0.6) is 11.5 Å². The Morgan fingerprint density at radius 2 is 1.90 bits per heavy atom. The van der Waals surface area contributed by atoms with Crippen LogP contribution in [0.4, 0.5) is 0 Å². The summed E-state index contributed by atoms with van der Waals surface area (Å²) < 4.78 is 18.0. The average molecular weight is 573 g/mol. The summed E-state index contributed by atoms with van der Waals surface area (Å²) in [4.78, 5) is 29.3. The molecule has 3 heterocycles. The van der Waals surface area contributed by atoms with Crippen LogP contribution in [0.15, 0.2) is 21.8 Å². The van der Waals surface area contributed by atoms with E-state index in [-0.39, 0.29) is 30.0 Å². The van der Waals surface area contributed by atoms with E-state index in [1.54, 1.807) is 6.07 Å². The van der Waals surface area contributed by atoms with Crippen molar-refractivity contribution in [2.24, 2.45) is 5.92 Å². The van der Waals surface area contributed by atoms with Crippen molar-refractivity contribution in [1.29, 1.82) is 5.26 Å². The van der Waals surface area contributed by atoms with Crippen molar-refractivity contribution in [3.05, 3.63) is 49.9 Å². The minimum atomic E-state index is -0.911. The number of aromatic amines is 1. The van der Waals surface area contributed by atoms with E-state index >= 15 is 0 Å². The normalized spacial score (nSPS) is 25.0. The third-order valence-electron chi connectivity index (χ3n) is 8.03. The van der Waals surface area contributed by atoms with Crippen molar-refractivity contribution in [2.75, 3.05) is 19.5 Å². The number of hydrogen-bond donors (Lipinski definition) is 3. The Morgan fingerprint density at radius 3 is 2.51 bits per heavy atom. The molecular weight excluding hydrogens is 540 g/mol. The molecule has 1 atom stereocenters. The summed E-state index contributed by atoms with van der Waals surface area (Å²) in [6, 6.07) is 6.08. The number of aromatic nitrogens is 1. The molecule has 0 bridgehead atoms. The van der Waals surface area contributed by atoms with Crippen molar-refractivity contribution < 1.29 is 19.0 Å². The standard InChI is InChI=1S/C28H33ClN4O5S/c1-15-9-22(39-4)20(26(35)32-15)11-31-25(34)19-10-21(29)24-23(16(19)2)37-27(3,38-24)17-5-7-18(8-6-17)33-28(12-30)13-36-14-28/h9-10,17-18,33H,5-8,11,13-14H2,1-4H3,(H,31,34)(H,32,35). The van der Waals surface area contributed by atoms with Gasteiger partial charge in [-0.3, -0.25) is 14.9 Å². The quantitative estimate of drug-likeness (QED) is 0.421. The van der Waals surface area contributed by atoms with Gasteiger partial charge in [-0.15, -0.1) is 11.8 Å². The Bertz CT molecular complexity index is 1390. The number of nitriles is 1. The van der Waals surface area contributed by atoms with Gasteiger partial charge in [-0.2, -0.15) is 5.26 Å². The van der Waals surface area contributed by atoms with Gasteiger partial charge >= 0.3 is 0 Å². The topological polar surface area (TPSA) is 125 Å². The van der Waals surface area contributed by atoms with E-state index < -0.39 is 11.3 Å². The van der Waals surface area contributed by atoms with E-state index in [9.17, 15) is 14.9 Å². The number of hydrogen-bond acceptors (Lipinski definition) is 8. The summed E-state index contributed by atoms with van der Waals surface area (Å²) in [5, 5.41) is 16.1. The van der Waals surface area contributed by atoms with Crippen LogP contribution < -0.4 is 25.7 Å². The molecule has 1 unspecified atom stereocenters. The predicted octanol–water partition coefficient (Wildman–Crippen LogP) is 4.23. The number of halogens is 1. The number of thioether (sulfide) groups is 1. The van der Waals surface area contributed by atoms with Crippen molar-refractivity contribution >= 4 is 29.3 Å². The second-order valence-corrected chi connectivity index (χ2v) is 12.1. The van der Waals surface area contributed by atoms with Crippen LogP contribution >= 0.6 is 23.4 Å². The summed E-state index contributed by atoms with van der Waals surface area (Å²) in [5.41, 5.74) is 1.50. The molecule has 11 heteroatoms. The molecular formula is C28H33ClN4O5S. The molecule has 39 heavy (non-hydrogen) atoms. The molecule has 1 aromatic carbocycles. The van der Waals surface area contributed by atoms with Crippen LogP contribution in [0.2, 0.25) is 5.02 Å². The fourth-order valence-electron chi connectivity index (χ4n) is 5.69. The zero-order chi connectivity index (χ0) is 27.9. The first kappa shape index (κ1) is 27.8. The lowest BCUT2D eigenvalue weighted by Crippen LogP contribution is -2.63. The van der Waals surface area contributed by atoms with Crippen LogP contribution in [0, 0.1) is 31.1 Å². The van der Waals surface area contributed by atoms with Gasteiger partial charge in [-0.05, 0) is 57.9 Å². The molecule has 5 rings (SSSR count). The lowest BCUT2D eigenvalue weighted by molar-refractivity contribution is -0.123. The van der Waals surface area contributed by atoms with Gasteiger partial charge in [0.25, 0.3) is 17.3 Å². The van der Waals surface area contributed by atoms with Gasteiger partial charge in [0.1, 0.15) is 0 Å². The number of aryl methyl sites for hydroxylation is 1. The number of rotatable bonds is 7. The molecule has 0 spiro atoms. The Morgan fingerprint density at radius 1 is 1.21 bits per heavy atom. The number of fused-ring (bicyclic) bond motifs is 1. The van der Waals surface area contributed by atoms with Crippen LogP contribution in [-0.2, 0) is 11.3 Å². The van der Waals surface area contributed by atoms with Crippen LogP contribution in [0.25, 0.3) is 0 Å². The van der Waals surface area contributed by atoms with E-state index in [1.165, 1.54) is 11.8 Å². The van der Waals surface area contributed by atoms with Gasteiger partial charge in [0.15, 0.2) is 17.0 Å². The van der Waals surface area contributed by atoms with E-state index in [0.717, 1.165) is 36.3 Å². The molecule has 3 N–H and O–H groups in total. The Hall–Kier alpha value is -2.71. The molecule has 0 radical (unpaired) electrons. The largest absolute Gasteiger partial charge is 0.448 e. The molecule has 9 nitrogen and oxygen atoms in total.